The number of halogens is 1. The van der Waals surface area contributed by atoms with Crippen LogP contribution in [0.5, 0.6) is 0 Å². The molecule has 1 heterocycles. The van der Waals surface area contributed by atoms with Crippen LogP contribution in [-0.2, 0) is 13.9 Å². The molecule has 1 aromatic carbocycles. The summed E-state index contributed by atoms with van der Waals surface area (Å²) in [6.07, 6.45) is 0. The van der Waals surface area contributed by atoms with E-state index in [0.29, 0.717) is 10.6 Å². The fraction of sp³-hybridized carbons (Fsp3) is 0.308. The highest BCUT2D eigenvalue weighted by molar-refractivity contribution is 7.59. The van der Waals surface area contributed by atoms with Crippen molar-refractivity contribution in [2.75, 3.05) is 13.3 Å². The van der Waals surface area contributed by atoms with Crippen LogP contribution in [0.15, 0.2) is 23.6 Å². The van der Waals surface area contributed by atoms with Gasteiger partial charge >= 0.3 is 0 Å². The van der Waals surface area contributed by atoms with Gasteiger partial charge in [-0.05, 0) is 41.5 Å². The van der Waals surface area contributed by atoms with Gasteiger partial charge in [0.05, 0.1) is 6.61 Å². The van der Waals surface area contributed by atoms with Crippen molar-refractivity contribution >= 4 is 46.3 Å². The van der Waals surface area contributed by atoms with E-state index in [1.54, 1.807) is 24.4 Å². The molecule has 0 aliphatic rings. The molecule has 0 spiro atoms. The first-order valence-corrected chi connectivity index (χ1v) is 9.44. The van der Waals surface area contributed by atoms with Gasteiger partial charge in [-0.3, -0.25) is 9.36 Å². The molecule has 0 aliphatic heterocycles. The highest BCUT2D eigenvalue weighted by atomic mass is 35.5. The zero-order valence-corrected chi connectivity index (χ0v) is 13.6. The lowest BCUT2D eigenvalue weighted by Crippen LogP contribution is -2.22. The standard InChI is InChI=1S/C13H15ClNO3PS/c1-3-18-19(2,17)12(13(15)16)10-7-20-11-5-4-8(14)6-9(10)11/h4-7,12H,3H2,1-2H3,(H2,15,16)/t12-,19+/m0/s1. The molecular formula is C13H15ClNO3PS. The van der Waals surface area contributed by atoms with E-state index < -0.39 is 18.9 Å². The summed E-state index contributed by atoms with van der Waals surface area (Å²) in [4.78, 5) is 11.8. The number of nitrogens with two attached hydrogens (primary N) is 1. The van der Waals surface area contributed by atoms with Crippen molar-refractivity contribution in [2.45, 2.75) is 12.6 Å². The third-order valence-electron chi connectivity index (χ3n) is 2.98. The zero-order chi connectivity index (χ0) is 14.9. The summed E-state index contributed by atoms with van der Waals surface area (Å²) in [5.41, 5.74) is 5.13. The van der Waals surface area contributed by atoms with Crippen LogP contribution in [0.4, 0.5) is 0 Å². The zero-order valence-electron chi connectivity index (χ0n) is 11.1. The van der Waals surface area contributed by atoms with E-state index in [9.17, 15) is 9.36 Å². The first-order valence-electron chi connectivity index (χ1n) is 6.04. The third-order valence-corrected chi connectivity index (χ3v) is 6.44. The van der Waals surface area contributed by atoms with E-state index >= 15 is 0 Å². The number of amides is 1. The Labute approximate surface area is 126 Å². The van der Waals surface area contributed by atoms with E-state index in [1.165, 1.54) is 18.0 Å². The molecule has 1 aromatic heterocycles. The van der Waals surface area contributed by atoms with Gasteiger partial charge in [0, 0.05) is 16.4 Å². The molecule has 2 rings (SSSR count). The Bertz CT molecular complexity index is 700. The van der Waals surface area contributed by atoms with Crippen LogP contribution in [0, 0.1) is 0 Å². The highest BCUT2D eigenvalue weighted by Crippen LogP contribution is 2.58. The molecule has 4 nitrogen and oxygen atoms in total. The summed E-state index contributed by atoms with van der Waals surface area (Å²) >= 11 is 7.45. The molecule has 0 fully saturated rings. The Morgan fingerprint density at radius 1 is 1.55 bits per heavy atom. The summed E-state index contributed by atoms with van der Waals surface area (Å²) in [6, 6.07) is 5.40. The Balaban J connectivity index is 2.61. The first kappa shape index (κ1) is 15.5. The summed E-state index contributed by atoms with van der Waals surface area (Å²) in [5, 5.41) is 3.15. The lowest BCUT2D eigenvalue weighted by atomic mass is 10.1. The number of hydrogen-bond acceptors (Lipinski definition) is 4. The Morgan fingerprint density at radius 3 is 2.85 bits per heavy atom. The number of carbonyl (C=O) groups is 1. The van der Waals surface area contributed by atoms with Crippen molar-refractivity contribution in [3.05, 3.63) is 34.2 Å². The SMILES string of the molecule is CCO[P@@](C)(=O)[C@H](C(N)=O)c1csc2ccc(Cl)cc12. The Hall–Kier alpha value is -0.870. The van der Waals surface area contributed by atoms with Crippen LogP contribution >= 0.6 is 30.3 Å². The number of primary amides is 1. The predicted octanol–water partition coefficient (Wildman–Crippen LogP) is 4.03. The second-order valence-electron chi connectivity index (χ2n) is 4.46. The molecule has 108 valence electrons. The van der Waals surface area contributed by atoms with Crippen LogP contribution in [-0.4, -0.2) is 19.2 Å². The second kappa shape index (κ2) is 5.86. The van der Waals surface area contributed by atoms with E-state index in [2.05, 4.69) is 0 Å². The average molecular weight is 332 g/mol. The minimum Gasteiger partial charge on any atom is -0.369 e. The van der Waals surface area contributed by atoms with Crippen molar-refractivity contribution in [3.8, 4) is 0 Å². The van der Waals surface area contributed by atoms with Crippen molar-refractivity contribution in [1.82, 2.24) is 0 Å². The minimum atomic E-state index is -3.18. The monoisotopic (exact) mass is 331 g/mol. The third kappa shape index (κ3) is 2.91. The van der Waals surface area contributed by atoms with Gasteiger partial charge in [0.2, 0.25) is 13.3 Å². The van der Waals surface area contributed by atoms with E-state index in [0.717, 1.165) is 10.1 Å². The van der Waals surface area contributed by atoms with Crippen molar-refractivity contribution in [3.63, 3.8) is 0 Å². The quantitative estimate of drug-likeness (QED) is 0.841. The smallest absolute Gasteiger partial charge is 0.234 e. The minimum absolute atomic E-state index is 0.264. The molecule has 2 atom stereocenters. The molecule has 0 bridgehead atoms. The van der Waals surface area contributed by atoms with Crippen molar-refractivity contribution in [1.29, 1.82) is 0 Å². The number of fused-ring (bicyclic) bond motifs is 1. The molecule has 0 aliphatic carbocycles. The molecule has 0 saturated heterocycles. The van der Waals surface area contributed by atoms with E-state index in [4.69, 9.17) is 21.9 Å². The topological polar surface area (TPSA) is 69.4 Å². The second-order valence-corrected chi connectivity index (χ2v) is 8.40. The molecule has 7 heteroatoms. The normalized spacial score (nSPS) is 15.9. The Kier molecular flexibility index (Phi) is 4.55. The molecule has 0 radical (unpaired) electrons. The largest absolute Gasteiger partial charge is 0.369 e. The maximum Gasteiger partial charge on any atom is 0.234 e. The van der Waals surface area contributed by atoms with Gasteiger partial charge in [0.25, 0.3) is 0 Å². The summed E-state index contributed by atoms with van der Waals surface area (Å²) in [6.45, 7) is 3.44. The molecule has 2 aromatic rings. The maximum absolute atomic E-state index is 12.6. The lowest BCUT2D eigenvalue weighted by Gasteiger charge is -2.21. The molecular weight excluding hydrogens is 317 g/mol. The van der Waals surface area contributed by atoms with Gasteiger partial charge in [-0.1, -0.05) is 11.6 Å². The van der Waals surface area contributed by atoms with Gasteiger partial charge in [-0.25, -0.2) is 0 Å². The molecule has 0 saturated carbocycles. The number of thiophene rings is 1. The predicted molar refractivity (Wildman–Crippen MR) is 83.9 cm³/mol. The summed E-state index contributed by atoms with van der Waals surface area (Å²) in [7, 11) is -3.18. The van der Waals surface area contributed by atoms with Crippen molar-refractivity contribution in [2.24, 2.45) is 5.73 Å². The van der Waals surface area contributed by atoms with E-state index in [1.807, 2.05) is 6.07 Å². The number of hydrogen-bond donors (Lipinski definition) is 1. The van der Waals surface area contributed by atoms with Gasteiger partial charge in [0.1, 0.15) is 5.66 Å². The van der Waals surface area contributed by atoms with Crippen LogP contribution in [0.3, 0.4) is 0 Å². The maximum atomic E-state index is 12.6. The first-order chi connectivity index (χ1) is 9.36. The summed E-state index contributed by atoms with van der Waals surface area (Å²) < 4.78 is 18.9. The van der Waals surface area contributed by atoms with Crippen LogP contribution in [0.25, 0.3) is 10.1 Å². The van der Waals surface area contributed by atoms with Crippen LogP contribution in [0.1, 0.15) is 18.1 Å². The van der Waals surface area contributed by atoms with Gasteiger partial charge in [0.15, 0.2) is 0 Å². The lowest BCUT2D eigenvalue weighted by molar-refractivity contribution is -0.117. The fourth-order valence-corrected chi connectivity index (χ4v) is 5.28. The van der Waals surface area contributed by atoms with Gasteiger partial charge in [-0.15, -0.1) is 11.3 Å². The molecule has 2 N–H and O–H groups in total. The summed E-state index contributed by atoms with van der Waals surface area (Å²) in [5.74, 6) is -0.649. The van der Waals surface area contributed by atoms with E-state index in [-0.39, 0.29) is 6.61 Å². The van der Waals surface area contributed by atoms with Crippen LogP contribution in [0.2, 0.25) is 5.02 Å². The van der Waals surface area contributed by atoms with Gasteiger partial charge in [-0.2, -0.15) is 0 Å². The Morgan fingerprint density at radius 2 is 2.25 bits per heavy atom. The molecule has 0 unspecified atom stereocenters. The molecule has 20 heavy (non-hydrogen) atoms. The number of rotatable bonds is 5. The molecule has 1 amide bonds. The number of carbonyl (C=O) groups excluding carboxylic acids is 1. The van der Waals surface area contributed by atoms with Crippen molar-refractivity contribution < 1.29 is 13.9 Å². The fourth-order valence-electron chi connectivity index (χ4n) is 2.20. The highest BCUT2D eigenvalue weighted by Gasteiger charge is 2.37. The van der Waals surface area contributed by atoms with Crippen LogP contribution < -0.4 is 5.73 Å². The average Bonchev–Trinajstić information content (AvgIpc) is 2.71. The van der Waals surface area contributed by atoms with Gasteiger partial charge < -0.3 is 10.3 Å². The number of benzene rings is 1.